The molecule has 2 heterocycles. The topological polar surface area (TPSA) is 56.8 Å². The maximum absolute atomic E-state index is 5.77. The van der Waals surface area contributed by atoms with Crippen molar-refractivity contribution >= 4 is 18.2 Å². The molecule has 2 fully saturated rings. The third-order valence-corrected chi connectivity index (χ3v) is 3.85. The fourth-order valence-corrected chi connectivity index (χ4v) is 3.08. The summed E-state index contributed by atoms with van der Waals surface area (Å²) in [6.45, 7) is 1.51. The highest BCUT2D eigenvalue weighted by Crippen LogP contribution is 2.42. The lowest BCUT2D eigenvalue weighted by Crippen LogP contribution is -2.44. The van der Waals surface area contributed by atoms with Crippen LogP contribution >= 0.6 is 12.4 Å². The van der Waals surface area contributed by atoms with Crippen molar-refractivity contribution in [2.24, 2.45) is 16.6 Å². The molecular formula is C11H19ClN2O2. The van der Waals surface area contributed by atoms with Gasteiger partial charge in [-0.2, -0.15) is 0 Å². The predicted molar refractivity (Wildman–Crippen MR) is 63.9 cm³/mol. The number of nitrogens with two attached hydrogens (primary N) is 1. The molecule has 3 rings (SSSR count). The zero-order valence-electron chi connectivity index (χ0n) is 9.35. The van der Waals surface area contributed by atoms with Crippen LogP contribution in [0.1, 0.15) is 32.1 Å². The minimum atomic E-state index is -0.261. The Labute approximate surface area is 102 Å². The fourth-order valence-electron chi connectivity index (χ4n) is 3.08. The van der Waals surface area contributed by atoms with Crippen LogP contribution in [0.15, 0.2) is 4.99 Å². The molecule has 5 heteroatoms. The smallest absolute Gasteiger partial charge is 0.168 e. The molecule has 0 bridgehead atoms. The molecule has 0 aromatic carbocycles. The van der Waals surface area contributed by atoms with Crippen LogP contribution in [0.4, 0.5) is 0 Å². The van der Waals surface area contributed by atoms with E-state index in [1.54, 1.807) is 0 Å². The van der Waals surface area contributed by atoms with E-state index in [4.69, 9.17) is 15.2 Å². The number of amidine groups is 1. The van der Waals surface area contributed by atoms with Gasteiger partial charge in [-0.15, -0.1) is 12.4 Å². The molecule has 1 spiro atoms. The van der Waals surface area contributed by atoms with Crippen molar-refractivity contribution in [3.63, 3.8) is 0 Å². The largest absolute Gasteiger partial charge is 0.387 e. The maximum Gasteiger partial charge on any atom is 0.168 e. The van der Waals surface area contributed by atoms with Crippen molar-refractivity contribution in [2.75, 3.05) is 13.2 Å². The molecule has 2 atom stereocenters. The van der Waals surface area contributed by atoms with E-state index >= 15 is 0 Å². The second-order valence-electron chi connectivity index (χ2n) is 4.84. The third-order valence-electron chi connectivity index (χ3n) is 3.85. The van der Waals surface area contributed by atoms with Crippen LogP contribution in [0.25, 0.3) is 0 Å². The molecule has 0 radical (unpaired) electrons. The Hall–Kier alpha value is -0.320. The number of hydrogen-bond acceptors (Lipinski definition) is 4. The number of ether oxygens (including phenoxy) is 2. The Morgan fingerprint density at radius 2 is 2.00 bits per heavy atom. The Balaban J connectivity index is 0.000000963. The van der Waals surface area contributed by atoms with Crippen LogP contribution in [0.3, 0.4) is 0 Å². The van der Waals surface area contributed by atoms with Gasteiger partial charge in [0.05, 0.1) is 25.1 Å². The molecule has 1 saturated heterocycles. The lowest BCUT2D eigenvalue weighted by atomic mass is 9.77. The lowest BCUT2D eigenvalue weighted by molar-refractivity contribution is -0.189. The number of rotatable bonds is 0. The number of fused-ring (bicyclic) bond motifs is 1. The van der Waals surface area contributed by atoms with E-state index in [-0.39, 0.29) is 18.2 Å². The van der Waals surface area contributed by atoms with Crippen LogP contribution in [0.2, 0.25) is 0 Å². The molecule has 0 aromatic rings. The van der Waals surface area contributed by atoms with Crippen LogP contribution in [-0.2, 0) is 9.47 Å². The zero-order valence-corrected chi connectivity index (χ0v) is 10.2. The second-order valence-corrected chi connectivity index (χ2v) is 4.84. The normalized spacial score (nSPS) is 36.4. The fraction of sp³-hybridized carbons (Fsp3) is 0.909. The van der Waals surface area contributed by atoms with Gasteiger partial charge in [0.1, 0.15) is 0 Å². The van der Waals surface area contributed by atoms with E-state index in [2.05, 4.69) is 4.99 Å². The van der Waals surface area contributed by atoms with Gasteiger partial charge in [0.25, 0.3) is 0 Å². The molecule has 16 heavy (non-hydrogen) atoms. The van der Waals surface area contributed by atoms with E-state index in [1.165, 1.54) is 0 Å². The van der Waals surface area contributed by atoms with Crippen molar-refractivity contribution < 1.29 is 9.47 Å². The summed E-state index contributed by atoms with van der Waals surface area (Å²) in [4.78, 5) is 4.54. The van der Waals surface area contributed by atoms with Crippen LogP contribution in [0.5, 0.6) is 0 Å². The van der Waals surface area contributed by atoms with E-state index in [9.17, 15) is 0 Å². The molecular weight excluding hydrogens is 228 g/mol. The van der Waals surface area contributed by atoms with E-state index in [0.717, 1.165) is 51.2 Å². The van der Waals surface area contributed by atoms with Crippen molar-refractivity contribution in [3.8, 4) is 0 Å². The number of nitrogens with zero attached hydrogens (tertiary/aromatic N) is 1. The van der Waals surface area contributed by atoms with Crippen molar-refractivity contribution in [3.05, 3.63) is 0 Å². The molecule has 2 N–H and O–H groups in total. The van der Waals surface area contributed by atoms with Crippen molar-refractivity contribution in [2.45, 2.75) is 43.9 Å². The summed E-state index contributed by atoms with van der Waals surface area (Å²) >= 11 is 0. The summed E-state index contributed by atoms with van der Waals surface area (Å²) in [5, 5.41) is 0. The Bertz CT molecular complexity index is 290. The SMILES string of the molecule is Cl.NC1=NC2CCC3(CC2CC1)OCCO3. The van der Waals surface area contributed by atoms with Crippen molar-refractivity contribution in [1.82, 2.24) is 0 Å². The second kappa shape index (κ2) is 4.51. The molecule has 0 amide bonds. The zero-order chi connectivity index (χ0) is 10.3. The molecule has 2 unspecified atom stereocenters. The van der Waals surface area contributed by atoms with Gasteiger partial charge in [-0.1, -0.05) is 0 Å². The molecule has 0 aromatic heterocycles. The number of aliphatic imine (C=N–C) groups is 1. The van der Waals surface area contributed by atoms with E-state index < -0.39 is 0 Å². The molecule has 1 aliphatic carbocycles. The third kappa shape index (κ3) is 2.06. The van der Waals surface area contributed by atoms with Crippen LogP contribution in [0, 0.1) is 5.92 Å². The number of halogens is 1. The molecule has 2 aliphatic heterocycles. The average Bonchev–Trinajstić information content (AvgIpc) is 2.67. The summed E-state index contributed by atoms with van der Waals surface area (Å²) in [5.74, 6) is 1.19. The number of hydrogen-bond donors (Lipinski definition) is 1. The summed E-state index contributed by atoms with van der Waals surface area (Å²) in [6, 6.07) is 0.428. The highest BCUT2D eigenvalue weighted by molar-refractivity contribution is 5.85. The van der Waals surface area contributed by atoms with Gasteiger partial charge in [0, 0.05) is 19.3 Å². The predicted octanol–water partition coefficient (Wildman–Crippen LogP) is 1.47. The van der Waals surface area contributed by atoms with Gasteiger partial charge in [0.15, 0.2) is 5.79 Å². The summed E-state index contributed by atoms with van der Waals surface area (Å²) < 4.78 is 11.5. The van der Waals surface area contributed by atoms with Crippen LogP contribution in [-0.4, -0.2) is 30.9 Å². The maximum atomic E-state index is 5.77. The van der Waals surface area contributed by atoms with Gasteiger partial charge in [-0.3, -0.25) is 4.99 Å². The Morgan fingerprint density at radius 1 is 1.25 bits per heavy atom. The first-order chi connectivity index (χ1) is 7.27. The van der Waals surface area contributed by atoms with Crippen molar-refractivity contribution in [1.29, 1.82) is 0 Å². The molecule has 3 aliphatic rings. The van der Waals surface area contributed by atoms with E-state index in [0.29, 0.717) is 12.0 Å². The minimum absolute atomic E-state index is 0. The van der Waals surface area contributed by atoms with Crippen LogP contribution < -0.4 is 5.73 Å². The summed E-state index contributed by atoms with van der Waals surface area (Å²) in [7, 11) is 0. The van der Waals surface area contributed by atoms with Gasteiger partial charge in [0.2, 0.25) is 0 Å². The summed E-state index contributed by atoms with van der Waals surface area (Å²) in [6.07, 6.45) is 5.14. The highest BCUT2D eigenvalue weighted by Gasteiger charge is 2.45. The molecule has 1 saturated carbocycles. The minimum Gasteiger partial charge on any atom is -0.387 e. The first-order valence-electron chi connectivity index (χ1n) is 5.87. The van der Waals surface area contributed by atoms with E-state index in [1.807, 2.05) is 0 Å². The molecule has 4 nitrogen and oxygen atoms in total. The van der Waals surface area contributed by atoms with Gasteiger partial charge < -0.3 is 15.2 Å². The van der Waals surface area contributed by atoms with Gasteiger partial charge in [-0.25, -0.2) is 0 Å². The lowest BCUT2D eigenvalue weighted by Gasteiger charge is -2.41. The Kier molecular flexibility index (Phi) is 3.42. The Morgan fingerprint density at radius 3 is 2.75 bits per heavy atom. The summed E-state index contributed by atoms with van der Waals surface area (Å²) in [5.41, 5.74) is 5.77. The highest BCUT2D eigenvalue weighted by atomic mass is 35.5. The molecule has 92 valence electrons. The quantitative estimate of drug-likeness (QED) is 0.704. The average molecular weight is 247 g/mol. The first-order valence-corrected chi connectivity index (χ1v) is 5.87. The standard InChI is InChI=1S/C11H18N2O2.ClH/c12-10-2-1-8-7-11(14-5-6-15-11)4-3-9(8)13-10;/h8-9H,1-7H2,(H2,12,13);1H. The van der Waals surface area contributed by atoms with Gasteiger partial charge >= 0.3 is 0 Å². The van der Waals surface area contributed by atoms with Gasteiger partial charge in [-0.05, 0) is 18.8 Å². The monoisotopic (exact) mass is 246 g/mol. The first kappa shape index (κ1) is 12.1.